The number of benzene rings is 1. The monoisotopic (exact) mass is 319 g/mol. The average Bonchev–Trinajstić information content (AvgIpc) is 2.41. The van der Waals surface area contributed by atoms with E-state index in [2.05, 4.69) is 51.3 Å². The fraction of sp³-hybridized carbons (Fsp3) is 0.333. The zero-order chi connectivity index (χ0) is 13.8. The van der Waals surface area contributed by atoms with Gasteiger partial charge in [-0.15, -0.1) is 0 Å². The Bertz CT molecular complexity index is 552. The third-order valence-corrected chi connectivity index (χ3v) is 3.66. The van der Waals surface area contributed by atoms with Crippen molar-refractivity contribution in [2.24, 2.45) is 5.73 Å². The van der Waals surface area contributed by atoms with Gasteiger partial charge in [0.05, 0.1) is 11.4 Å². The van der Waals surface area contributed by atoms with Crippen molar-refractivity contribution >= 4 is 15.9 Å². The van der Waals surface area contributed by atoms with Crippen LogP contribution in [0.25, 0.3) is 0 Å². The zero-order valence-corrected chi connectivity index (χ0v) is 12.8. The largest absolute Gasteiger partial charge is 0.324 e. The summed E-state index contributed by atoms with van der Waals surface area (Å²) in [6.45, 7) is 4.03. The Hall–Kier alpha value is -1.26. The van der Waals surface area contributed by atoms with Gasteiger partial charge in [0.2, 0.25) is 0 Å². The molecule has 0 bridgehead atoms. The molecule has 1 atom stereocenters. The van der Waals surface area contributed by atoms with Crippen LogP contribution in [0.3, 0.4) is 0 Å². The van der Waals surface area contributed by atoms with Crippen LogP contribution < -0.4 is 5.73 Å². The maximum absolute atomic E-state index is 6.33. The van der Waals surface area contributed by atoms with Gasteiger partial charge in [-0.3, -0.25) is 0 Å². The van der Waals surface area contributed by atoms with Crippen molar-refractivity contribution in [3.05, 3.63) is 57.3 Å². The van der Waals surface area contributed by atoms with E-state index >= 15 is 0 Å². The Labute approximate surface area is 122 Å². The fourth-order valence-electron chi connectivity index (χ4n) is 2.11. The van der Waals surface area contributed by atoms with Gasteiger partial charge in [-0.05, 0) is 49.1 Å². The van der Waals surface area contributed by atoms with Crippen LogP contribution in [0, 0.1) is 6.92 Å². The summed E-state index contributed by atoms with van der Waals surface area (Å²) in [5.41, 5.74) is 10.6. The molecule has 0 amide bonds. The Morgan fingerprint density at radius 1 is 1.21 bits per heavy atom. The highest BCUT2D eigenvalue weighted by molar-refractivity contribution is 9.10. The minimum absolute atomic E-state index is 0.0367. The molecule has 0 aliphatic carbocycles. The Morgan fingerprint density at radius 3 is 2.53 bits per heavy atom. The van der Waals surface area contributed by atoms with Crippen LogP contribution in [0.15, 0.2) is 34.8 Å². The molecule has 0 saturated carbocycles. The van der Waals surface area contributed by atoms with Crippen molar-refractivity contribution in [3.63, 3.8) is 0 Å². The van der Waals surface area contributed by atoms with Crippen molar-refractivity contribution in [1.29, 1.82) is 0 Å². The first-order chi connectivity index (χ1) is 9.10. The second-order valence-corrected chi connectivity index (χ2v) is 5.59. The van der Waals surface area contributed by atoms with Gasteiger partial charge >= 0.3 is 0 Å². The lowest BCUT2D eigenvalue weighted by molar-refractivity contribution is 0.691. The van der Waals surface area contributed by atoms with Crippen LogP contribution in [-0.2, 0) is 12.8 Å². The Morgan fingerprint density at radius 2 is 1.89 bits per heavy atom. The molecule has 2 aromatic rings. The van der Waals surface area contributed by atoms with E-state index in [1.165, 1.54) is 5.56 Å². The van der Waals surface area contributed by atoms with Gasteiger partial charge in [-0.25, -0.2) is 0 Å². The number of nitrogens with zero attached hydrogens (tertiary/aromatic N) is 2. The van der Waals surface area contributed by atoms with E-state index in [-0.39, 0.29) is 6.04 Å². The highest BCUT2D eigenvalue weighted by atomic mass is 79.9. The summed E-state index contributed by atoms with van der Waals surface area (Å²) in [4.78, 5) is 0. The summed E-state index contributed by atoms with van der Waals surface area (Å²) in [6, 6.07) is 10.3. The lowest BCUT2D eigenvalue weighted by Crippen LogP contribution is -2.17. The molecular weight excluding hydrogens is 302 g/mol. The van der Waals surface area contributed by atoms with Crippen LogP contribution in [-0.4, -0.2) is 10.2 Å². The van der Waals surface area contributed by atoms with Gasteiger partial charge in [-0.2, -0.15) is 10.2 Å². The number of rotatable bonds is 4. The highest BCUT2D eigenvalue weighted by Gasteiger charge is 2.13. The van der Waals surface area contributed by atoms with Crippen molar-refractivity contribution in [3.8, 4) is 0 Å². The predicted molar refractivity (Wildman–Crippen MR) is 80.9 cm³/mol. The number of aryl methyl sites for hydroxylation is 2. The van der Waals surface area contributed by atoms with Gasteiger partial charge in [-0.1, -0.05) is 35.0 Å². The molecule has 4 heteroatoms. The number of nitrogens with two attached hydrogens (primary N) is 1. The van der Waals surface area contributed by atoms with E-state index < -0.39 is 0 Å². The molecule has 1 unspecified atom stereocenters. The van der Waals surface area contributed by atoms with Crippen molar-refractivity contribution < 1.29 is 0 Å². The van der Waals surface area contributed by atoms with Gasteiger partial charge in [0.1, 0.15) is 0 Å². The fourth-order valence-corrected chi connectivity index (χ4v) is 2.38. The van der Waals surface area contributed by atoms with Crippen LogP contribution in [0.2, 0.25) is 0 Å². The molecule has 1 heterocycles. The summed E-state index contributed by atoms with van der Waals surface area (Å²) in [5, 5.41) is 8.34. The molecule has 1 aromatic carbocycles. The van der Waals surface area contributed by atoms with E-state index in [4.69, 9.17) is 5.73 Å². The SMILES string of the molecule is CCc1nnc(C)cc1C(N)Cc1ccc(Br)cc1. The molecule has 0 aliphatic rings. The van der Waals surface area contributed by atoms with Gasteiger partial charge in [0, 0.05) is 10.5 Å². The number of hydrogen-bond acceptors (Lipinski definition) is 3. The maximum atomic E-state index is 6.33. The van der Waals surface area contributed by atoms with Crippen LogP contribution in [0.1, 0.15) is 35.5 Å². The zero-order valence-electron chi connectivity index (χ0n) is 11.2. The summed E-state index contributed by atoms with van der Waals surface area (Å²) in [5.74, 6) is 0. The first kappa shape index (κ1) is 14.2. The highest BCUT2D eigenvalue weighted by Crippen LogP contribution is 2.20. The molecule has 1 aromatic heterocycles. The van der Waals surface area contributed by atoms with Crippen molar-refractivity contribution in [2.45, 2.75) is 32.7 Å². The average molecular weight is 320 g/mol. The molecular formula is C15H18BrN3. The standard InChI is InChI=1S/C15H18BrN3/c1-3-15-13(8-10(2)18-19-15)14(17)9-11-4-6-12(16)7-5-11/h4-8,14H,3,9,17H2,1-2H3. The smallest absolute Gasteiger partial charge is 0.0676 e. The van der Waals surface area contributed by atoms with Gasteiger partial charge < -0.3 is 5.73 Å². The van der Waals surface area contributed by atoms with E-state index in [0.717, 1.165) is 34.3 Å². The normalized spacial score (nSPS) is 12.4. The Balaban J connectivity index is 2.21. The third kappa shape index (κ3) is 3.61. The summed E-state index contributed by atoms with van der Waals surface area (Å²) in [7, 11) is 0. The maximum Gasteiger partial charge on any atom is 0.0676 e. The van der Waals surface area contributed by atoms with Crippen LogP contribution in [0.4, 0.5) is 0 Å². The second kappa shape index (κ2) is 6.26. The first-order valence-corrected chi connectivity index (χ1v) is 7.22. The van der Waals surface area contributed by atoms with E-state index in [9.17, 15) is 0 Å². The molecule has 3 nitrogen and oxygen atoms in total. The second-order valence-electron chi connectivity index (χ2n) is 4.68. The lowest BCUT2D eigenvalue weighted by atomic mass is 9.97. The molecule has 2 rings (SSSR count). The quantitative estimate of drug-likeness (QED) is 0.940. The minimum Gasteiger partial charge on any atom is -0.324 e. The van der Waals surface area contributed by atoms with Gasteiger partial charge in [0.15, 0.2) is 0 Å². The number of hydrogen-bond donors (Lipinski definition) is 1. The molecule has 2 N–H and O–H groups in total. The van der Waals surface area contributed by atoms with Gasteiger partial charge in [0.25, 0.3) is 0 Å². The van der Waals surface area contributed by atoms with E-state index in [0.29, 0.717) is 0 Å². The number of aromatic nitrogens is 2. The predicted octanol–water partition coefficient (Wildman–Crippen LogP) is 3.35. The Kier molecular flexibility index (Phi) is 4.66. The molecule has 0 radical (unpaired) electrons. The molecule has 0 aliphatic heterocycles. The molecule has 100 valence electrons. The van der Waals surface area contributed by atoms with Crippen molar-refractivity contribution in [2.75, 3.05) is 0 Å². The summed E-state index contributed by atoms with van der Waals surface area (Å²) >= 11 is 3.44. The first-order valence-electron chi connectivity index (χ1n) is 6.43. The molecule has 0 fully saturated rings. The third-order valence-electron chi connectivity index (χ3n) is 3.13. The molecule has 0 spiro atoms. The molecule has 0 saturated heterocycles. The minimum atomic E-state index is -0.0367. The van der Waals surface area contributed by atoms with Crippen LogP contribution >= 0.6 is 15.9 Å². The van der Waals surface area contributed by atoms with E-state index in [1.807, 2.05) is 19.1 Å². The van der Waals surface area contributed by atoms with Crippen LogP contribution in [0.5, 0.6) is 0 Å². The summed E-state index contributed by atoms with van der Waals surface area (Å²) < 4.78 is 1.08. The number of halogens is 1. The summed E-state index contributed by atoms with van der Waals surface area (Å²) in [6.07, 6.45) is 1.67. The lowest BCUT2D eigenvalue weighted by Gasteiger charge is -2.15. The topological polar surface area (TPSA) is 51.8 Å². The van der Waals surface area contributed by atoms with E-state index in [1.54, 1.807) is 0 Å². The van der Waals surface area contributed by atoms with Crippen molar-refractivity contribution in [1.82, 2.24) is 10.2 Å². The molecule has 19 heavy (non-hydrogen) atoms.